The van der Waals surface area contributed by atoms with Gasteiger partial charge in [0.2, 0.25) is 0 Å². The molecule has 0 amide bonds. The molecule has 0 saturated heterocycles. The zero-order valence-corrected chi connectivity index (χ0v) is 6.58. The molecule has 0 spiro atoms. The van der Waals surface area contributed by atoms with Crippen molar-refractivity contribution in [2.45, 2.75) is 12.5 Å². The molecule has 0 fully saturated rings. The molecule has 2 rings (SSSR count). The molecule has 0 bridgehead atoms. The Morgan fingerprint density at radius 3 is 2.91 bits per heavy atom. The molecule has 1 radical (unpaired) electrons. The first-order chi connectivity index (χ1) is 5.40. The molecule has 1 aromatic rings. The van der Waals surface area contributed by atoms with Crippen LogP contribution in [0, 0.1) is 6.42 Å². The van der Waals surface area contributed by atoms with E-state index in [9.17, 15) is 0 Å². The van der Waals surface area contributed by atoms with Crippen LogP contribution in [-0.2, 0) is 11.2 Å². The molecule has 0 saturated carbocycles. The van der Waals surface area contributed by atoms with Gasteiger partial charge in [-0.3, -0.25) is 0 Å². The summed E-state index contributed by atoms with van der Waals surface area (Å²) < 4.78 is 5.24. The highest BCUT2D eigenvalue weighted by Crippen LogP contribution is 2.24. The fourth-order valence-electron chi connectivity index (χ4n) is 1.51. The predicted molar refractivity (Wildman–Crippen MR) is 44.3 cm³/mol. The Hall–Kier alpha value is -0.820. The lowest BCUT2D eigenvalue weighted by atomic mass is 10.1. The first-order valence-corrected chi connectivity index (χ1v) is 3.86. The first-order valence-electron chi connectivity index (χ1n) is 3.86. The van der Waals surface area contributed by atoms with E-state index in [1.54, 1.807) is 7.11 Å². The van der Waals surface area contributed by atoms with Gasteiger partial charge in [-0.2, -0.15) is 0 Å². The Labute approximate surface area is 67.0 Å². The summed E-state index contributed by atoms with van der Waals surface area (Å²) in [6.07, 6.45) is 3.51. The highest BCUT2D eigenvalue weighted by Gasteiger charge is 2.19. The van der Waals surface area contributed by atoms with E-state index >= 15 is 0 Å². The molecular weight excluding hydrogens is 136 g/mol. The third-order valence-electron chi connectivity index (χ3n) is 2.14. The lowest BCUT2D eigenvalue weighted by Crippen LogP contribution is -2.06. The van der Waals surface area contributed by atoms with Gasteiger partial charge in [-0.1, -0.05) is 24.3 Å². The molecule has 0 unspecified atom stereocenters. The van der Waals surface area contributed by atoms with E-state index in [0.717, 1.165) is 6.42 Å². The van der Waals surface area contributed by atoms with Gasteiger partial charge in [0.05, 0.1) is 6.10 Å². The highest BCUT2D eigenvalue weighted by molar-refractivity contribution is 5.39. The minimum absolute atomic E-state index is 0.299. The molecule has 0 N–H and O–H groups in total. The van der Waals surface area contributed by atoms with E-state index in [0.29, 0.717) is 6.10 Å². The zero-order chi connectivity index (χ0) is 7.68. The Morgan fingerprint density at radius 2 is 2.18 bits per heavy atom. The summed E-state index contributed by atoms with van der Waals surface area (Å²) in [6, 6.07) is 8.43. The molecule has 1 nitrogen and oxygen atoms in total. The van der Waals surface area contributed by atoms with Crippen molar-refractivity contribution < 1.29 is 4.74 Å². The van der Waals surface area contributed by atoms with Crippen LogP contribution in [-0.4, -0.2) is 13.2 Å². The number of methoxy groups -OCH3 is 1. The quantitative estimate of drug-likeness (QED) is 0.588. The van der Waals surface area contributed by atoms with E-state index in [1.807, 2.05) is 0 Å². The average molecular weight is 147 g/mol. The molecule has 0 aliphatic heterocycles. The van der Waals surface area contributed by atoms with E-state index in [2.05, 4.69) is 30.7 Å². The van der Waals surface area contributed by atoms with Crippen molar-refractivity contribution in [2.75, 3.05) is 7.11 Å². The SMILES string of the molecule is CO[C@H]1[CH]c2ccccc2C1. The number of hydrogen-bond acceptors (Lipinski definition) is 1. The molecule has 57 valence electrons. The number of hydrogen-bond donors (Lipinski definition) is 0. The first kappa shape index (κ1) is 6.86. The molecule has 1 heteroatoms. The summed E-state index contributed by atoms with van der Waals surface area (Å²) >= 11 is 0. The summed E-state index contributed by atoms with van der Waals surface area (Å²) in [4.78, 5) is 0. The zero-order valence-electron chi connectivity index (χ0n) is 6.58. The molecule has 0 aromatic heterocycles. The monoisotopic (exact) mass is 147 g/mol. The van der Waals surface area contributed by atoms with E-state index in [1.165, 1.54) is 11.1 Å². The van der Waals surface area contributed by atoms with Crippen molar-refractivity contribution in [3.05, 3.63) is 41.8 Å². The Balaban J connectivity index is 2.27. The lowest BCUT2D eigenvalue weighted by Gasteiger charge is -2.03. The number of benzene rings is 1. The molecule has 0 heterocycles. The fraction of sp³-hybridized carbons (Fsp3) is 0.300. The Kier molecular flexibility index (Phi) is 1.66. The largest absolute Gasteiger partial charge is 0.380 e. The van der Waals surface area contributed by atoms with E-state index < -0.39 is 0 Å². The standard InChI is InChI=1S/C10H11O/c1-11-10-6-8-4-2-3-5-9(8)7-10/h2-6,10H,7H2,1H3/t10-/m0/s1. The van der Waals surface area contributed by atoms with Gasteiger partial charge in [0.25, 0.3) is 0 Å². The molecule has 1 atom stereocenters. The van der Waals surface area contributed by atoms with Gasteiger partial charge in [0.15, 0.2) is 0 Å². The van der Waals surface area contributed by atoms with Crippen molar-refractivity contribution >= 4 is 0 Å². The van der Waals surface area contributed by atoms with Crippen LogP contribution >= 0.6 is 0 Å². The van der Waals surface area contributed by atoms with Crippen molar-refractivity contribution in [1.82, 2.24) is 0 Å². The maximum atomic E-state index is 5.24. The second-order valence-corrected chi connectivity index (χ2v) is 2.84. The van der Waals surface area contributed by atoms with Crippen LogP contribution in [0.1, 0.15) is 11.1 Å². The smallest absolute Gasteiger partial charge is 0.0687 e. The Morgan fingerprint density at radius 1 is 1.36 bits per heavy atom. The summed E-state index contributed by atoms with van der Waals surface area (Å²) in [6.45, 7) is 0. The third kappa shape index (κ3) is 1.16. The lowest BCUT2D eigenvalue weighted by molar-refractivity contribution is 0.137. The molecule has 1 aliphatic carbocycles. The van der Waals surface area contributed by atoms with Crippen molar-refractivity contribution in [1.29, 1.82) is 0 Å². The van der Waals surface area contributed by atoms with Crippen molar-refractivity contribution in [3.63, 3.8) is 0 Å². The van der Waals surface area contributed by atoms with Gasteiger partial charge in [-0.05, 0) is 17.5 Å². The molecule has 11 heavy (non-hydrogen) atoms. The van der Waals surface area contributed by atoms with Crippen molar-refractivity contribution in [3.8, 4) is 0 Å². The summed E-state index contributed by atoms with van der Waals surface area (Å²) in [5.74, 6) is 0. The van der Waals surface area contributed by atoms with Gasteiger partial charge < -0.3 is 4.74 Å². The average Bonchev–Trinajstić information content (AvgIpc) is 2.46. The minimum atomic E-state index is 0.299. The third-order valence-corrected chi connectivity index (χ3v) is 2.14. The maximum absolute atomic E-state index is 5.24. The second kappa shape index (κ2) is 2.67. The number of rotatable bonds is 1. The number of ether oxygens (including phenoxy) is 1. The van der Waals surface area contributed by atoms with Gasteiger partial charge in [0.1, 0.15) is 0 Å². The second-order valence-electron chi connectivity index (χ2n) is 2.84. The normalized spacial score (nSPS) is 16.8. The van der Waals surface area contributed by atoms with Gasteiger partial charge in [-0.15, -0.1) is 0 Å². The Bertz CT molecular complexity index is 230. The molecular formula is C10H11O. The summed E-state index contributed by atoms with van der Waals surface area (Å²) in [5.41, 5.74) is 2.73. The van der Waals surface area contributed by atoms with Gasteiger partial charge in [0, 0.05) is 13.5 Å². The topological polar surface area (TPSA) is 9.23 Å². The summed E-state index contributed by atoms with van der Waals surface area (Å²) in [7, 11) is 1.76. The maximum Gasteiger partial charge on any atom is 0.0687 e. The van der Waals surface area contributed by atoms with Crippen LogP contribution < -0.4 is 0 Å². The van der Waals surface area contributed by atoms with Crippen LogP contribution in [0.15, 0.2) is 24.3 Å². The van der Waals surface area contributed by atoms with Crippen LogP contribution in [0.5, 0.6) is 0 Å². The fourth-order valence-corrected chi connectivity index (χ4v) is 1.51. The highest BCUT2D eigenvalue weighted by atomic mass is 16.5. The van der Waals surface area contributed by atoms with Crippen LogP contribution in [0.25, 0.3) is 0 Å². The van der Waals surface area contributed by atoms with Crippen LogP contribution in [0.3, 0.4) is 0 Å². The van der Waals surface area contributed by atoms with Gasteiger partial charge in [-0.25, -0.2) is 0 Å². The molecule has 1 aliphatic rings. The minimum Gasteiger partial charge on any atom is -0.380 e. The molecule has 1 aromatic carbocycles. The van der Waals surface area contributed by atoms with Crippen LogP contribution in [0.2, 0.25) is 0 Å². The van der Waals surface area contributed by atoms with E-state index in [-0.39, 0.29) is 0 Å². The number of fused-ring (bicyclic) bond motifs is 1. The van der Waals surface area contributed by atoms with Crippen LogP contribution in [0.4, 0.5) is 0 Å². The summed E-state index contributed by atoms with van der Waals surface area (Å²) in [5, 5.41) is 0. The van der Waals surface area contributed by atoms with E-state index in [4.69, 9.17) is 4.74 Å². The van der Waals surface area contributed by atoms with Crippen molar-refractivity contribution in [2.24, 2.45) is 0 Å². The van der Waals surface area contributed by atoms with Gasteiger partial charge >= 0.3 is 0 Å². The predicted octanol–water partition coefficient (Wildman–Crippen LogP) is 1.81.